The summed E-state index contributed by atoms with van der Waals surface area (Å²) in [6, 6.07) is 23.5. The molecule has 1 saturated carbocycles. The van der Waals surface area contributed by atoms with Crippen molar-refractivity contribution in [3.63, 3.8) is 0 Å². The van der Waals surface area contributed by atoms with Crippen LogP contribution in [0.25, 0.3) is 22.3 Å². The monoisotopic (exact) mass is 796 g/mol. The number of hydrogen-bond acceptors (Lipinski definition) is 12. The molecule has 0 spiro atoms. The summed E-state index contributed by atoms with van der Waals surface area (Å²) >= 11 is 0. The fourth-order valence-corrected chi connectivity index (χ4v) is 9.22. The molecule has 2 aromatic heterocycles. The Morgan fingerprint density at radius 2 is 1.53 bits per heavy atom. The summed E-state index contributed by atoms with van der Waals surface area (Å²) in [4.78, 5) is 66.6. The molecular formula is C44H48N10O5. The molecule has 15 nitrogen and oxygen atoms in total. The van der Waals surface area contributed by atoms with E-state index in [4.69, 9.17) is 15.6 Å². The van der Waals surface area contributed by atoms with E-state index in [2.05, 4.69) is 34.7 Å². The second-order valence-corrected chi connectivity index (χ2v) is 16.1. The fourth-order valence-electron chi connectivity index (χ4n) is 9.22. The van der Waals surface area contributed by atoms with Crippen molar-refractivity contribution in [3.8, 4) is 22.8 Å². The molecule has 3 N–H and O–H groups in total. The van der Waals surface area contributed by atoms with Crippen LogP contribution in [0.2, 0.25) is 0 Å². The highest BCUT2D eigenvalue weighted by atomic mass is 16.5. The van der Waals surface area contributed by atoms with E-state index in [0.717, 1.165) is 115 Å². The van der Waals surface area contributed by atoms with Crippen LogP contribution in [0.4, 0.5) is 11.5 Å². The molecule has 5 heterocycles. The molecule has 1 unspecified atom stereocenters. The molecule has 59 heavy (non-hydrogen) atoms. The van der Waals surface area contributed by atoms with Crippen LogP contribution >= 0.6 is 0 Å². The van der Waals surface area contributed by atoms with E-state index in [1.807, 2.05) is 73.7 Å². The van der Waals surface area contributed by atoms with E-state index in [-0.39, 0.29) is 18.9 Å². The van der Waals surface area contributed by atoms with Crippen molar-refractivity contribution in [3.05, 3.63) is 90.3 Å². The molecule has 3 aliphatic heterocycles. The van der Waals surface area contributed by atoms with Gasteiger partial charge in [-0.05, 0) is 99.2 Å². The zero-order valence-electron chi connectivity index (χ0n) is 33.1. The quantitative estimate of drug-likeness (QED) is 0.149. The number of nitrogens with one attached hydrogen (secondary N) is 1. The third-order valence-electron chi connectivity index (χ3n) is 12.6. The van der Waals surface area contributed by atoms with Crippen molar-refractivity contribution >= 4 is 46.7 Å². The Bertz CT molecular complexity index is 2360. The first-order valence-corrected chi connectivity index (χ1v) is 20.5. The molecule has 304 valence electrons. The highest BCUT2D eigenvalue weighted by Gasteiger charge is 2.38. The molecule has 3 saturated heterocycles. The minimum Gasteiger partial charge on any atom is -0.457 e. The van der Waals surface area contributed by atoms with Gasteiger partial charge in [0.05, 0.1) is 11.4 Å². The number of imide groups is 2. The minimum absolute atomic E-state index is 0.0847. The van der Waals surface area contributed by atoms with E-state index in [0.29, 0.717) is 29.9 Å². The Morgan fingerprint density at radius 3 is 2.20 bits per heavy atom. The Morgan fingerprint density at radius 1 is 0.847 bits per heavy atom. The number of aromatic nitrogens is 4. The lowest BCUT2D eigenvalue weighted by Crippen LogP contribution is -2.64. The van der Waals surface area contributed by atoms with E-state index >= 15 is 0 Å². The molecule has 0 radical (unpaired) electrons. The zero-order chi connectivity index (χ0) is 40.6. The van der Waals surface area contributed by atoms with Crippen LogP contribution in [0.5, 0.6) is 11.5 Å². The van der Waals surface area contributed by atoms with Crippen LogP contribution in [0.15, 0.2) is 79.1 Å². The average molecular weight is 797 g/mol. The molecule has 9 rings (SSSR count). The van der Waals surface area contributed by atoms with Crippen LogP contribution in [0, 0.1) is 6.92 Å². The number of amides is 4. The highest BCUT2D eigenvalue weighted by molar-refractivity contribution is 6.07. The van der Waals surface area contributed by atoms with Crippen LogP contribution in [0.1, 0.15) is 60.5 Å². The third-order valence-corrected chi connectivity index (χ3v) is 12.6. The van der Waals surface area contributed by atoms with Crippen molar-refractivity contribution in [1.82, 2.24) is 39.8 Å². The van der Waals surface area contributed by atoms with E-state index in [9.17, 15) is 19.2 Å². The van der Waals surface area contributed by atoms with Gasteiger partial charge in [0.25, 0.3) is 5.91 Å². The van der Waals surface area contributed by atoms with Gasteiger partial charge in [-0.15, -0.1) is 0 Å². The molecule has 3 aromatic carbocycles. The maximum absolute atomic E-state index is 13.3. The summed E-state index contributed by atoms with van der Waals surface area (Å²) < 4.78 is 8.10. The van der Waals surface area contributed by atoms with Gasteiger partial charge in [-0.3, -0.25) is 39.2 Å². The van der Waals surface area contributed by atoms with Gasteiger partial charge in [-0.25, -0.2) is 14.6 Å². The van der Waals surface area contributed by atoms with Gasteiger partial charge in [0.2, 0.25) is 18.2 Å². The van der Waals surface area contributed by atoms with Gasteiger partial charge < -0.3 is 15.4 Å². The van der Waals surface area contributed by atoms with Crippen molar-refractivity contribution in [2.45, 2.75) is 69.6 Å². The lowest BCUT2D eigenvalue weighted by Gasteiger charge is -2.50. The summed E-state index contributed by atoms with van der Waals surface area (Å²) in [5, 5.41) is 8.14. The molecule has 1 aliphatic carbocycles. The molecule has 4 aliphatic rings. The summed E-state index contributed by atoms with van der Waals surface area (Å²) in [5.74, 6) is 0.395. The maximum Gasteiger partial charge on any atom is 0.261 e. The van der Waals surface area contributed by atoms with Crippen LogP contribution < -0.4 is 20.7 Å². The highest BCUT2D eigenvalue weighted by Crippen LogP contribution is 2.38. The second-order valence-electron chi connectivity index (χ2n) is 16.1. The normalized spacial score (nSPS) is 21.8. The molecular weight excluding hydrogens is 749 g/mol. The first-order chi connectivity index (χ1) is 28.7. The number of ether oxygens (including phenoxy) is 1. The minimum atomic E-state index is -0.993. The van der Waals surface area contributed by atoms with Gasteiger partial charge in [0.1, 0.15) is 35.4 Å². The molecule has 4 fully saturated rings. The maximum atomic E-state index is 13.3. The predicted octanol–water partition coefficient (Wildman–Crippen LogP) is 4.57. The topological polar surface area (TPSA) is 172 Å². The van der Waals surface area contributed by atoms with Gasteiger partial charge >= 0.3 is 0 Å². The predicted molar refractivity (Wildman–Crippen MR) is 222 cm³/mol. The van der Waals surface area contributed by atoms with Gasteiger partial charge in [-0.1, -0.05) is 18.2 Å². The lowest BCUT2D eigenvalue weighted by molar-refractivity contribution is -0.139. The lowest BCUT2D eigenvalue weighted by atomic mass is 9.89. The number of fused-ring (bicyclic) bond motifs is 1. The van der Waals surface area contributed by atoms with E-state index in [1.54, 1.807) is 6.07 Å². The number of piperazine rings is 1. The van der Waals surface area contributed by atoms with Crippen LogP contribution in [-0.4, -0.2) is 116 Å². The summed E-state index contributed by atoms with van der Waals surface area (Å²) in [6.07, 6.45) is 6.34. The zero-order valence-corrected chi connectivity index (χ0v) is 33.1. The largest absolute Gasteiger partial charge is 0.457 e. The Balaban J connectivity index is 0.770. The number of para-hydroxylation sites is 1. The summed E-state index contributed by atoms with van der Waals surface area (Å²) in [6.45, 7) is 7.82. The first kappa shape index (κ1) is 38.3. The van der Waals surface area contributed by atoms with Crippen molar-refractivity contribution in [2.75, 3.05) is 49.9 Å². The number of nitrogens with zero attached hydrogens (tertiary/aromatic N) is 8. The average Bonchev–Trinajstić information content (AvgIpc) is 3.63. The standard InChI is InChI=1S/C44H48N10O5/c1-28-23-32(13-16-36(28)44(58)53(27-55)37-17-18-38(56)48-43(37)57)52-24-33(25-52)51-21-19-50(20-22-51)30-9-11-31(12-10-30)54-42-39(41(45)46-26-47-42)40(49-54)29-7-14-35(15-8-29)59-34-5-3-2-4-6-34/h2-8,13-16,23,26-27,30-31,33,37H,9-12,17-22,24-25H2,1H3,(H2,45,46,47)(H,48,56,57). The van der Waals surface area contributed by atoms with Gasteiger partial charge in [0.15, 0.2) is 5.65 Å². The number of piperidine rings is 1. The smallest absolute Gasteiger partial charge is 0.261 e. The summed E-state index contributed by atoms with van der Waals surface area (Å²) in [7, 11) is 0. The van der Waals surface area contributed by atoms with E-state index in [1.165, 1.54) is 6.33 Å². The van der Waals surface area contributed by atoms with Crippen molar-refractivity contribution in [2.24, 2.45) is 0 Å². The number of rotatable bonds is 10. The molecule has 0 bridgehead atoms. The Kier molecular flexibility index (Phi) is 10.5. The number of hydrogen-bond donors (Lipinski definition) is 2. The van der Waals surface area contributed by atoms with Gasteiger partial charge in [0, 0.05) is 74.6 Å². The fraction of sp³-hybridized carbons (Fsp3) is 0.386. The number of carbonyl (C=O) groups excluding carboxylic acids is 4. The molecule has 4 amide bonds. The van der Waals surface area contributed by atoms with Crippen molar-refractivity contribution < 1.29 is 23.9 Å². The Hall–Kier alpha value is -6.19. The van der Waals surface area contributed by atoms with Crippen LogP contribution in [-0.2, 0) is 14.4 Å². The second kappa shape index (κ2) is 16.2. The number of nitrogen functional groups attached to an aromatic ring is 1. The molecule has 5 aromatic rings. The number of aryl methyl sites for hydroxylation is 1. The van der Waals surface area contributed by atoms with Crippen LogP contribution in [0.3, 0.4) is 0 Å². The summed E-state index contributed by atoms with van der Waals surface area (Å²) in [5.41, 5.74) is 11.1. The third kappa shape index (κ3) is 7.63. The van der Waals surface area contributed by atoms with E-state index < -0.39 is 23.8 Å². The number of anilines is 2. The molecule has 15 heteroatoms. The Labute approximate surface area is 342 Å². The SMILES string of the molecule is Cc1cc(N2CC(N3CCN(C4CCC(n5nc(-c6ccc(Oc7ccccc7)cc6)c6c(N)ncnc65)CC4)CC3)C2)ccc1C(=O)N(C=O)C1CCC(=O)NC1=O. The first-order valence-electron chi connectivity index (χ1n) is 20.5. The van der Waals surface area contributed by atoms with Crippen molar-refractivity contribution in [1.29, 1.82) is 0 Å². The number of carbonyl (C=O) groups is 4. The molecule has 1 atom stereocenters. The number of nitrogens with two attached hydrogens (primary N) is 1. The number of benzene rings is 3. The van der Waals surface area contributed by atoms with Gasteiger partial charge in [-0.2, -0.15) is 5.10 Å².